The first-order valence-corrected chi connectivity index (χ1v) is 10.6. The van der Waals surface area contributed by atoms with Crippen LogP contribution in [-0.2, 0) is 10.5 Å². The topological polar surface area (TPSA) is 64.1 Å². The lowest BCUT2D eigenvalue weighted by Crippen LogP contribution is -2.13. The van der Waals surface area contributed by atoms with E-state index < -0.39 is 0 Å². The molecule has 1 N–H and O–H groups in total. The molecule has 0 aliphatic rings. The van der Waals surface area contributed by atoms with Crippen LogP contribution in [0.4, 0.5) is 5.69 Å². The van der Waals surface area contributed by atoms with Crippen LogP contribution in [0, 0.1) is 0 Å². The number of nitrogens with one attached hydrogen (secondary N) is 1. The van der Waals surface area contributed by atoms with Gasteiger partial charge in [0.15, 0.2) is 8.68 Å². The molecule has 1 aromatic heterocycles. The molecule has 134 valence electrons. The van der Waals surface area contributed by atoms with Gasteiger partial charge < -0.3 is 10.1 Å². The molecule has 5 nitrogen and oxygen atoms in total. The predicted octanol–water partition coefficient (Wildman–Crippen LogP) is 4.57. The molecule has 0 saturated heterocycles. The first kappa shape index (κ1) is 18.8. The molecule has 2 aromatic carbocycles. The van der Waals surface area contributed by atoms with Crippen LogP contribution >= 0.6 is 34.9 Å². The van der Waals surface area contributed by atoms with Crippen LogP contribution in [0.1, 0.15) is 5.56 Å². The molecular formula is C18H17N3O2S3. The third-order valence-electron chi connectivity index (χ3n) is 3.29. The molecule has 0 aliphatic carbocycles. The minimum Gasteiger partial charge on any atom is -0.497 e. The second-order valence-electron chi connectivity index (χ2n) is 5.17. The van der Waals surface area contributed by atoms with Gasteiger partial charge in [0, 0.05) is 11.4 Å². The number of benzene rings is 2. The maximum Gasteiger partial charge on any atom is 0.234 e. The highest BCUT2D eigenvalue weighted by molar-refractivity contribution is 8.03. The van der Waals surface area contributed by atoms with Crippen LogP contribution in [0.3, 0.4) is 0 Å². The summed E-state index contributed by atoms with van der Waals surface area (Å²) in [4.78, 5) is 12.0. The van der Waals surface area contributed by atoms with Crippen molar-refractivity contribution in [3.8, 4) is 5.75 Å². The van der Waals surface area contributed by atoms with Gasteiger partial charge in [0.05, 0.1) is 12.9 Å². The highest BCUT2D eigenvalue weighted by Crippen LogP contribution is 2.30. The summed E-state index contributed by atoms with van der Waals surface area (Å²) in [6.07, 6.45) is 0. The number of nitrogens with zero attached hydrogens (tertiary/aromatic N) is 2. The minimum absolute atomic E-state index is 0.0751. The molecular weight excluding hydrogens is 386 g/mol. The van der Waals surface area contributed by atoms with E-state index in [2.05, 4.69) is 27.6 Å². The molecule has 1 amide bonds. The summed E-state index contributed by atoms with van der Waals surface area (Å²) in [7, 11) is 1.61. The van der Waals surface area contributed by atoms with Crippen molar-refractivity contribution >= 4 is 46.5 Å². The number of rotatable bonds is 8. The summed E-state index contributed by atoms with van der Waals surface area (Å²) >= 11 is 4.56. The van der Waals surface area contributed by atoms with Gasteiger partial charge in [-0.1, -0.05) is 65.2 Å². The van der Waals surface area contributed by atoms with E-state index in [1.54, 1.807) is 18.9 Å². The Kier molecular flexibility index (Phi) is 6.93. The highest BCUT2D eigenvalue weighted by atomic mass is 32.2. The largest absolute Gasteiger partial charge is 0.497 e. The number of carbonyl (C=O) groups is 1. The molecule has 26 heavy (non-hydrogen) atoms. The maximum absolute atomic E-state index is 12.0. The molecule has 3 aromatic rings. The van der Waals surface area contributed by atoms with Crippen LogP contribution in [-0.4, -0.2) is 29.0 Å². The summed E-state index contributed by atoms with van der Waals surface area (Å²) in [5.74, 6) is 1.84. The van der Waals surface area contributed by atoms with Crippen LogP contribution in [0.25, 0.3) is 0 Å². The van der Waals surface area contributed by atoms with Gasteiger partial charge >= 0.3 is 0 Å². The number of hydrogen-bond donors (Lipinski definition) is 1. The molecule has 0 fully saturated rings. The number of hydrogen-bond acceptors (Lipinski definition) is 7. The van der Waals surface area contributed by atoms with Crippen LogP contribution < -0.4 is 10.1 Å². The van der Waals surface area contributed by atoms with Crippen molar-refractivity contribution in [1.29, 1.82) is 0 Å². The molecule has 0 radical (unpaired) electrons. The van der Waals surface area contributed by atoms with Crippen molar-refractivity contribution in [1.82, 2.24) is 10.2 Å². The number of methoxy groups -OCH3 is 1. The summed E-state index contributed by atoms with van der Waals surface area (Å²) in [6, 6.07) is 17.5. The highest BCUT2D eigenvalue weighted by Gasteiger charge is 2.09. The fourth-order valence-electron chi connectivity index (χ4n) is 2.03. The number of aromatic nitrogens is 2. The third kappa shape index (κ3) is 5.76. The van der Waals surface area contributed by atoms with Gasteiger partial charge in [-0.15, -0.1) is 10.2 Å². The Bertz CT molecular complexity index is 838. The maximum atomic E-state index is 12.0. The minimum atomic E-state index is -0.0751. The number of amides is 1. The van der Waals surface area contributed by atoms with Gasteiger partial charge in [-0.2, -0.15) is 0 Å². The third-order valence-corrected chi connectivity index (χ3v) is 6.55. The van der Waals surface area contributed by atoms with E-state index in [0.717, 1.165) is 25.9 Å². The lowest BCUT2D eigenvalue weighted by Gasteiger charge is -2.05. The Hall–Kier alpha value is -2.03. The SMILES string of the molecule is COc1ccc(NC(=O)CSc2nnc(SCc3ccccc3)s2)cc1. The molecule has 0 aliphatic heterocycles. The number of ether oxygens (including phenoxy) is 1. The van der Waals surface area contributed by atoms with Gasteiger partial charge in [0.1, 0.15) is 5.75 Å². The van der Waals surface area contributed by atoms with E-state index in [-0.39, 0.29) is 5.91 Å². The van der Waals surface area contributed by atoms with E-state index in [4.69, 9.17) is 4.74 Å². The zero-order valence-electron chi connectivity index (χ0n) is 14.0. The average Bonchev–Trinajstić information content (AvgIpc) is 3.14. The lowest BCUT2D eigenvalue weighted by molar-refractivity contribution is -0.113. The van der Waals surface area contributed by atoms with E-state index in [0.29, 0.717) is 5.75 Å². The van der Waals surface area contributed by atoms with Gasteiger partial charge in [-0.3, -0.25) is 4.79 Å². The molecule has 8 heteroatoms. The second kappa shape index (κ2) is 9.61. The molecule has 3 rings (SSSR count). The fourth-order valence-corrected chi connectivity index (χ4v) is 4.81. The van der Waals surface area contributed by atoms with Crippen LogP contribution in [0.15, 0.2) is 63.3 Å². The zero-order valence-corrected chi connectivity index (χ0v) is 16.5. The molecule has 0 bridgehead atoms. The van der Waals surface area contributed by atoms with E-state index in [1.807, 2.05) is 42.5 Å². The van der Waals surface area contributed by atoms with Crippen LogP contribution in [0.2, 0.25) is 0 Å². The average molecular weight is 404 g/mol. The first-order chi connectivity index (χ1) is 12.7. The molecule has 0 unspecified atom stereocenters. The Balaban J connectivity index is 1.44. The number of anilines is 1. The standard InChI is InChI=1S/C18H17N3O2S3/c1-23-15-9-7-14(8-10-15)19-16(22)12-25-18-21-20-17(26-18)24-11-13-5-3-2-4-6-13/h2-10H,11-12H2,1H3,(H,19,22). The van der Waals surface area contributed by atoms with Gasteiger partial charge in [-0.05, 0) is 29.8 Å². The van der Waals surface area contributed by atoms with Crippen molar-refractivity contribution in [2.24, 2.45) is 0 Å². The molecule has 0 saturated carbocycles. The predicted molar refractivity (Wildman–Crippen MR) is 108 cm³/mol. The quantitative estimate of drug-likeness (QED) is 0.556. The van der Waals surface area contributed by atoms with E-state index in [1.165, 1.54) is 28.7 Å². The summed E-state index contributed by atoms with van der Waals surface area (Å²) < 4.78 is 6.80. The van der Waals surface area contributed by atoms with E-state index in [9.17, 15) is 4.79 Å². The van der Waals surface area contributed by atoms with Crippen molar-refractivity contribution in [3.63, 3.8) is 0 Å². The summed E-state index contributed by atoms with van der Waals surface area (Å²) in [5.41, 5.74) is 1.99. The Labute approximate surface area is 164 Å². The van der Waals surface area contributed by atoms with Crippen LogP contribution in [0.5, 0.6) is 5.75 Å². The number of thioether (sulfide) groups is 2. The summed E-state index contributed by atoms with van der Waals surface area (Å²) in [5, 5.41) is 11.2. The Morgan fingerprint density at radius 1 is 1.04 bits per heavy atom. The Morgan fingerprint density at radius 3 is 2.42 bits per heavy atom. The lowest BCUT2D eigenvalue weighted by atomic mass is 10.2. The molecule has 1 heterocycles. The van der Waals surface area contributed by atoms with Crippen molar-refractivity contribution in [3.05, 3.63) is 60.2 Å². The van der Waals surface area contributed by atoms with Gasteiger partial charge in [0.2, 0.25) is 5.91 Å². The fraction of sp³-hybridized carbons (Fsp3) is 0.167. The van der Waals surface area contributed by atoms with Crippen molar-refractivity contribution < 1.29 is 9.53 Å². The number of carbonyl (C=O) groups excluding carboxylic acids is 1. The normalized spacial score (nSPS) is 10.5. The molecule has 0 spiro atoms. The molecule has 0 atom stereocenters. The monoisotopic (exact) mass is 403 g/mol. The van der Waals surface area contributed by atoms with Crippen molar-refractivity contribution in [2.45, 2.75) is 14.4 Å². The van der Waals surface area contributed by atoms with Gasteiger partial charge in [0.25, 0.3) is 0 Å². The smallest absolute Gasteiger partial charge is 0.234 e. The summed E-state index contributed by atoms with van der Waals surface area (Å²) in [6.45, 7) is 0. The van der Waals surface area contributed by atoms with Crippen molar-refractivity contribution in [2.75, 3.05) is 18.2 Å². The van der Waals surface area contributed by atoms with E-state index >= 15 is 0 Å². The Morgan fingerprint density at radius 2 is 1.73 bits per heavy atom. The van der Waals surface area contributed by atoms with Gasteiger partial charge in [-0.25, -0.2) is 0 Å². The second-order valence-corrected chi connectivity index (χ2v) is 8.60. The first-order valence-electron chi connectivity index (χ1n) is 7.80. The zero-order chi connectivity index (χ0) is 18.2.